The molecule has 1 saturated heterocycles. The molecule has 2 aliphatic heterocycles. The summed E-state index contributed by atoms with van der Waals surface area (Å²) in [4.78, 5) is 26.2. The average Bonchev–Trinajstić information content (AvgIpc) is 3.28. The summed E-state index contributed by atoms with van der Waals surface area (Å²) in [6.45, 7) is 2.86. The van der Waals surface area contributed by atoms with Gasteiger partial charge in [0.15, 0.2) is 11.7 Å². The van der Waals surface area contributed by atoms with Crippen LogP contribution in [0.1, 0.15) is 54.3 Å². The monoisotopic (exact) mass is 495 g/mol. The van der Waals surface area contributed by atoms with Gasteiger partial charge in [-0.1, -0.05) is 12.1 Å². The Kier molecular flexibility index (Phi) is 7.08. The van der Waals surface area contributed by atoms with Gasteiger partial charge in [-0.25, -0.2) is 9.48 Å². The summed E-state index contributed by atoms with van der Waals surface area (Å²) in [7, 11) is 1.52. The molecule has 2 N–H and O–H groups in total. The maximum Gasteiger partial charge on any atom is 0.410 e. The average molecular weight is 496 g/mol. The van der Waals surface area contributed by atoms with Crippen molar-refractivity contribution < 1.29 is 32.2 Å². The number of amides is 2. The number of fused-ring (bicyclic) bond motifs is 1. The van der Waals surface area contributed by atoms with E-state index in [1.807, 2.05) is 0 Å². The third-order valence-electron chi connectivity index (χ3n) is 6.30. The normalized spacial score (nSPS) is 20.5. The summed E-state index contributed by atoms with van der Waals surface area (Å²) in [5.41, 5.74) is 0.580. The van der Waals surface area contributed by atoms with Gasteiger partial charge in [0, 0.05) is 31.6 Å². The smallest absolute Gasteiger partial charge is 0.410 e. The van der Waals surface area contributed by atoms with Gasteiger partial charge >= 0.3 is 12.3 Å². The van der Waals surface area contributed by atoms with Gasteiger partial charge in [0.25, 0.3) is 5.91 Å². The zero-order valence-electron chi connectivity index (χ0n) is 19.5. The molecular weight excluding hydrogens is 467 g/mol. The second-order valence-corrected chi connectivity index (χ2v) is 8.56. The highest BCUT2D eigenvalue weighted by atomic mass is 19.4. The van der Waals surface area contributed by atoms with Crippen LogP contribution in [0.25, 0.3) is 0 Å². The van der Waals surface area contributed by atoms with Crippen LogP contribution in [-0.2, 0) is 4.74 Å². The number of rotatable bonds is 5. The Hall–Kier alpha value is -3.44. The summed E-state index contributed by atoms with van der Waals surface area (Å²) in [5.74, 6) is 0.181. The number of anilines is 1. The van der Waals surface area contributed by atoms with Crippen LogP contribution in [0.15, 0.2) is 30.3 Å². The van der Waals surface area contributed by atoms with E-state index >= 15 is 0 Å². The minimum absolute atomic E-state index is 0.0926. The van der Waals surface area contributed by atoms with E-state index in [9.17, 15) is 22.8 Å². The van der Waals surface area contributed by atoms with Gasteiger partial charge in [-0.15, -0.1) is 0 Å². The fourth-order valence-electron chi connectivity index (χ4n) is 4.42. The van der Waals surface area contributed by atoms with Gasteiger partial charge in [-0.3, -0.25) is 4.79 Å². The number of piperidine rings is 1. The lowest BCUT2D eigenvalue weighted by Gasteiger charge is -2.33. The lowest BCUT2D eigenvalue weighted by molar-refractivity contribution is -0.173. The molecule has 2 atom stereocenters. The number of benzene rings is 1. The molecule has 1 aromatic heterocycles. The number of carbonyl (C=O) groups excluding carboxylic acids is 2. The first-order chi connectivity index (χ1) is 16.7. The number of nitrogens with one attached hydrogen (secondary N) is 2. The number of hydrogen-bond acceptors (Lipinski definition) is 6. The molecule has 2 amide bonds. The molecular formula is C23H28F3N5O4. The predicted octanol–water partition coefficient (Wildman–Crippen LogP) is 3.90. The molecule has 3 heterocycles. The molecule has 0 saturated carbocycles. The first-order valence-electron chi connectivity index (χ1n) is 11.5. The fraction of sp³-hybridized carbons (Fsp3) is 0.522. The van der Waals surface area contributed by atoms with Crippen molar-refractivity contribution in [1.82, 2.24) is 20.0 Å². The summed E-state index contributed by atoms with van der Waals surface area (Å²) >= 11 is 0. The molecule has 0 spiro atoms. The number of aromatic nitrogens is 2. The van der Waals surface area contributed by atoms with Gasteiger partial charge < -0.3 is 25.0 Å². The summed E-state index contributed by atoms with van der Waals surface area (Å²) in [5, 5.41) is 9.92. The Labute approximate surface area is 200 Å². The van der Waals surface area contributed by atoms with Gasteiger partial charge in [0.1, 0.15) is 11.6 Å². The van der Waals surface area contributed by atoms with Crippen molar-refractivity contribution in [2.45, 2.75) is 50.5 Å². The molecule has 2 aromatic rings. The number of hydrogen-bond donors (Lipinski definition) is 2. The first-order valence-corrected chi connectivity index (χ1v) is 11.5. The topological polar surface area (TPSA) is 97.7 Å². The highest BCUT2D eigenvalue weighted by Crippen LogP contribution is 2.43. The van der Waals surface area contributed by atoms with Crippen molar-refractivity contribution in [3.8, 4) is 5.75 Å². The van der Waals surface area contributed by atoms with E-state index in [1.165, 1.54) is 13.2 Å². The Morgan fingerprint density at radius 1 is 1.20 bits per heavy atom. The van der Waals surface area contributed by atoms with Crippen LogP contribution in [-0.4, -0.2) is 65.7 Å². The molecule has 9 nitrogen and oxygen atoms in total. The molecule has 35 heavy (non-hydrogen) atoms. The van der Waals surface area contributed by atoms with Crippen molar-refractivity contribution >= 4 is 17.8 Å². The first kappa shape index (κ1) is 24.7. The molecule has 4 rings (SSSR count). The summed E-state index contributed by atoms with van der Waals surface area (Å²) in [6.07, 6.45) is -4.17. The number of halogens is 3. The molecule has 0 aliphatic carbocycles. The molecule has 1 aromatic carbocycles. The molecule has 0 bridgehead atoms. The minimum atomic E-state index is -4.54. The third kappa shape index (κ3) is 5.46. The molecule has 1 fully saturated rings. The highest BCUT2D eigenvalue weighted by molar-refractivity contribution is 5.93. The maximum absolute atomic E-state index is 13.9. The van der Waals surface area contributed by atoms with Crippen LogP contribution >= 0.6 is 0 Å². The quantitative estimate of drug-likeness (QED) is 0.653. The van der Waals surface area contributed by atoms with Gasteiger partial charge in [-0.2, -0.15) is 18.3 Å². The van der Waals surface area contributed by atoms with Crippen molar-refractivity contribution in [2.75, 3.05) is 32.1 Å². The number of nitrogens with zero attached hydrogens (tertiary/aromatic N) is 3. The summed E-state index contributed by atoms with van der Waals surface area (Å²) < 4.78 is 52.7. The largest absolute Gasteiger partial charge is 0.497 e. The van der Waals surface area contributed by atoms with E-state index in [0.29, 0.717) is 37.2 Å². The van der Waals surface area contributed by atoms with Crippen LogP contribution in [0, 0.1) is 0 Å². The fourth-order valence-corrected chi connectivity index (χ4v) is 4.42. The molecule has 12 heteroatoms. The zero-order valence-corrected chi connectivity index (χ0v) is 19.5. The van der Waals surface area contributed by atoms with E-state index < -0.39 is 30.3 Å². The van der Waals surface area contributed by atoms with E-state index in [1.54, 1.807) is 36.1 Å². The summed E-state index contributed by atoms with van der Waals surface area (Å²) in [6, 6.07) is 5.45. The van der Waals surface area contributed by atoms with E-state index in [0.717, 1.165) is 4.68 Å². The van der Waals surface area contributed by atoms with Crippen LogP contribution < -0.4 is 15.4 Å². The maximum atomic E-state index is 13.9. The van der Waals surface area contributed by atoms with Gasteiger partial charge in [-0.05, 0) is 37.5 Å². The van der Waals surface area contributed by atoms with E-state index in [-0.39, 0.29) is 30.6 Å². The standard InChI is InChI=1S/C23H28F3N5O4/c1-3-35-22(33)30-10-8-15(9-11-30)27-21(32)18-13-20-28-17(14-4-6-16(34-2)7-5-14)12-19(23(24,25)26)31(20)29-18/h4-7,13,15,17,19,28H,3,8-12H2,1-2H3,(H,27,32)/t17-,19+/m0/s1. The van der Waals surface area contributed by atoms with Crippen LogP contribution in [0.5, 0.6) is 5.75 Å². The molecule has 0 unspecified atom stereocenters. The van der Waals surface area contributed by atoms with Crippen molar-refractivity contribution in [2.24, 2.45) is 0 Å². The van der Waals surface area contributed by atoms with Gasteiger partial charge in [0.2, 0.25) is 0 Å². The van der Waals surface area contributed by atoms with Crippen LogP contribution in [0.4, 0.5) is 23.8 Å². The lowest BCUT2D eigenvalue weighted by atomic mass is 9.97. The minimum Gasteiger partial charge on any atom is -0.497 e. The van der Waals surface area contributed by atoms with E-state index in [4.69, 9.17) is 9.47 Å². The van der Waals surface area contributed by atoms with Crippen molar-refractivity contribution in [3.63, 3.8) is 0 Å². The number of alkyl halides is 3. The number of ether oxygens (including phenoxy) is 2. The number of carbonyl (C=O) groups is 2. The predicted molar refractivity (Wildman–Crippen MR) is 120 cm³/mol. The number of likely N-dealkylation sites (tertiary alicyclic amines) is 1. The third-order valence-corrected chi connectivity index (χ3v) is 6.30. The second kappa shape index (κ2) is 10.0. The van der Waals surface area contributed by atoms with E-state index in [2.05, 4.69) is 15.7 Å². The Bertz CT molecular complexity index is 1050. The molecule has 2 aliphatic rings. The van der Waals surface area contributed by atoms with Crippen molar-refractivity contribution in [3.05, 3.63) is 41.6 Å². The second-order valence-electron chi connectivity index (χ2n) is 8.56. The zero-order chi connectivity index (χ0) is 25.2. The Balaban J connectivity index is 1.46. The van der Waals surface area contributed by atoms with Crippen LogP contribution in [0.2, 0.25) is 0 Å². The SMILES string of the molecule is CCOC(=O)N1CCC(NC(=O)c2cc3n(n2)[C@@H](C(F)(F)F)C[C@@H](c2ccc(OC)cc2)N3)CC1. The number of methoxy groups -OCH3 is 1. The Morgan fingerprint density at radius 3 is 2.49 bits per heavy atom. The Morgan fingerprint density at radius 2 is 1.89 bits per heavy atom. The van der Waals surface area contributed by atoms with Gasteiger partial charge in [0.05, 0.1) is 19.8 Å². The van der Waals surface area contributed by atoms with Crippen LogP contribution in [0.3, 0.4) is 0 Å². The lowest BCUT2D eigenvalue weighted by Crippen LogP contribution is -2.46. The molecule has 190 valence electrons. The molecule has 0 radical (unpaired) electrons. The highest BCUT2D eigenvalue weighted by Gasteiger charge is 2.47. The van der Waals surface area contributed by atoms with Crippen molar-refractivity contribution in [1.29, 1.82) is 0 Å².